The van der Waals surface area contributed by atoms with Crippen LogP contribution < -0.4 is 10.6 Å². The lowest BCUT2D eigenvalue weighted by molar-refractivity contribution is -0.117. The number of rotatable bonds is 5. The van der Waals surface area contributed by atoms with E-state index < -0.39 is 33.8 Å². The molecule has 2 atom stereocenters. The average Bonchev–Trinajstić information content (AvgIpc) is 3.36. The SMILES string of the molecule is N#Cc1ccc(NC(=O)c2cc(NC(=O)[C@@H]3[C@@H](c4cc(Cl)cc(Cl)c4)C3(Cl)Cl)ccc2Cl)cc1F. The van der Waals surface area contributed by atoms with Gasteiger partial charge in [-0.25, -0.2) is 4.39 Å². The molecular weight excluding hydrogens is 559 g/mol. The Morgan fingerprint density at radius 2 is 1.54 bits per heavy atom. The van der Waals surface area contributed by atoms with Crippen molar-refractivity contribution >= 4 is 81.2 Å². The molecule has 3 aromatic carbocycles. The molecule has 1 aliphatic rings. The molecule has 1 fully saturated rings. The molecule has 0 bridgehead atoms. The quantitative estimate of drug-likeness (QED) is 0.313. The Morgan fingerprint density at radius 1 is 0.914 bits per heavy atom. The first-order chi connectivity index (χ1) is 16.5. The van der Waals surface area contributed by atoms with Gasteiger partial charge in [0.2, 0.25) is 5.91 Å². The molecule has 0 heterocycles. The minimum Gasteiger partial charge on any atom is -0.326 e. The van der Waals surface area contributed by atoms with E-state index in [1.54, 1.807) is 24.3 Å². The van der Waals surface area contributed by atoms with E-state index in [0.717, 1.165) is 6.07 Å². The van der Waals surface area contributed by atoms with Crippen LogP contribution in [0.15, 0.2) is 54.6 Å². The highest BCUT2D eigenvalue weighted by atomic mass is 35.5. The van der Waals surface area contributed by atoms with Crippen LogP contribution in [0.5, 0.6) is 0 Å². The molecule has 11 heteroatoms. The van der Waals surface area contributed by atoms with Crippen molar-refractivity contribution in [2.24, 2.45) is 5.92 Å². The van der Waals surface area contributed by atoms with Crippen LogP contribution in [0.25, 0.3) is 0 Å². The van der Waals surface area contributed by atoms with Crippen LogP contribution in [0.4, 0.5) is 15.8 Å². The third-order valence-electron chi connectivity index (χ3n) is 5.41. The van der Waals surface area contributed by atoms with Gasteiger partial charge in [0.1, 0.15) is 16.2 Å². The minimum atomic E-state index is -1.37. The van der Waals surface area contributed by atoms with Crippen LogP contribution in [0.2, 0.25) is 15.1 Å². The van der Waals surface area contributed by atoms with Crippen molar-refractivity contribution < 1.29 is 14.0 Å². The molecule has 0 spiro atoms. The maximum Gasteiger partial charge on any atom is 0.257 e. The second-order valence-electron chi connectivity index (χ2n) is 7.78. The van der Waals surface area contributed by atoms with Gasteiger partial charge in [0.25, 0.3) is 5.91 Å². The first kappa shape index (κ1) is 25.6. The predicted octanol–water partition coefficient (Wildman–Crippen LogP) is 7.44. The molecule has 3 aromatic rings. The van der Waals surface area contributed by atoms with Gasteiger partial charge in [0.05, 0.1) is 22.1 Å². The standard InChI is InChI=1S/C24H13Cl5FN3O2/c25-13-5-12(6-14(26)7-13)20-21(24(20,28)29)23(35)33-15-3-4-18(27)17(8-15)22(34)32-16-2-1-11(10-31)19(30)9-16/h1-9,20-21H,(H,32,34)(H,33,35)/t20-,21+/m1/s1. The number of hydrogen-bond acceptors (Lipinski definition) is 3. The summed E-state index contributed by atoms with van der Waals surface area (Å²) in [6.45, 7) is 0. The van der Waals surface area contributed by atoms with Crippen molar-refractivity contribution in [3.8, 4) is 6.07 Å². The number of halogens is 6. The number of nitrogens with zero attached hydrogens (tertiary/aromatic N) is 1. The Kier molecular flexibility index (Phi) is 7.19. The molecule has 178 valence electrons. The normalized spacial score (nSPS) is 17.9. The number of alkyl halides is 2. The van der Waals surface area contributed by atoms with E-state index in [1.165, 1.54) is 30.3 Å². The Morgan fingerprint density at radius 3 is 2.17 bits per heavy atom. The number of nitriles is 1. The number of carbonyl (C=O) groups excluding carboxylic acids is 2. The fourth-order valence-electron chi connectivity index (χ4n) is 3.70. The van der Waals surface area contributed by atoms with Crippen molar-refractivity contribution in [2.75, 3.05) is 10.6 Å². The molecule has 4 rings (SSSR count). The van der Waals surface area contributed by atoms with E-state index in [-0.39, 0.29) is 27.5 Å². The van der Waals surface area contributed by atoms with E-state index in [1.807, 2.05) is 0 Å². The summed E-state index contributed by atoms with van der Waals surface area (Å²) in [5.74, 6) is -3.22. The predicted molar refractivity (Wildman–Crippen MR) is 136 cm³/mol. The zero-order valence-electron chi connectivity index (χ0n) is 17.4. The summed E-state index contributed by atoms with van der Waals surface area (Å²) in [5, 5.41) is 14.9. The Balaban J connectivity index is 1.51. The number of amides is 2. The lowest BCUT2D eigenvalue weighted by Gasteiger charge is -2.11. The average molecular weight is 572 g/mol. The molecule has 0 radical (unpaired) electrons. The second kappa shape index (κ2) is 9.85. The Hall–Kier alpha value is -2.53. The van der Waals surface area contributed by atoms with E-state index >= 15 is 0 Å². The summed E-state index contributed by atoms with van der Waals surface area (Å²) in [6, 6.07) is 14.5. The Labute approximate surface area is 224 Å². The lowest BCUT2D eigenvalue weighted by Crippen LogP contribution is -2.18. The highest BCUT2D eigenvalue weighted by molar-refractivity contribution is 6.53. The fourth-order valence-corrected chi connectivity index (χ4v) is 5.28. The number of nitrogens with one attached hydrogen (secondary N) is 2. The topological polar surface area (TPSA) is 82.0 Å². The van der Waals surface area contributed by atoms with Crippen molar-refractivity contribution in [3.63, 3.8) is 0 Å². The van der Waals surface area contributed by atoms with Crippen molar-refractivity contribution in [1.29, 1.82) is 5.26 Å². The summed E-state index contributed by atoms with van der Waals surface area (Å²) in [7, 11) is 0. The fraction of sp³-hybridized carbons (Fsp3) is 0.125. The molecule has 1 aliphatic carbocycles. The molecule has 2 amide bonds. The second-order valence-corrected chi connectivity index (χ2v) is 10.5. The van der Waals surface area contributed by atoms with Gasteiger partial charge in [0, 0.05) is 27.3 Å². The van der Waals surface area contributed by atoms with Gasteiger partial charge in [-0.3, -0.25) is 9.59 Å². The van der Waals surface area contributed by atoms with Crippen LogP contribution >= 0.6 is 58.0 Å². The van der Waals surface area contributed by atoms with Crippen molar-refractivity contribution in [2.45, 2.75) is 10.3 Å². The number of anilines is 2. The molecule has 1 saturated carbocycles. The number of benzene rings is 3. The van der Waals surface area contributed by atoms with Crippen molar-refractivity contribution in [3.05, 3.63) is 92.2 Å². The van der Waals surface area contributed by atoms with E-state index in [4.69, 9.17) is 63.3 Å². The van der Waals surface area contributed by atoms with E-state index in [2.05, 4.69) is 10.6 Å². The maximum absolute atomic E-state index is 13.8. The van der Waals surface area contributed by atoms with Gasteiger partial charge >= 0.3 is 0 Å². The zero-order chi connectivity index (χ0) is 25.5. The largest absolute Gasteiger partial charge is 0.326 e. The molecule has 5 nitrogen and oxygen atoms in total. The van der Waals surface area contributed by atoms with Gasteiger partial charge in [-0.05, 0) is 60.2 Å². The number of carbonyl (C=O) groups is 2. The highest BCUT2D eigenvalue weighted by Gasteiger charge is 2.67. The van der Waals surface area contributed by atoms with Gasteiger partial charge in [-0.2, -0.15) is 5.26 Å². The molecule has 0 unspecified atom stereocenters. The molecular formula is C24H13Cl5FN3O2. The van der Waals surface area contributed by atoms with E-state index in [9.17, 15) is 14.0 Å². The van der Waals surface area contributed by atoms with Crippen molar-refractivity contribution in [1.82, 2.24) is 0 Å². The first-order valence-electron chi connectivity index (χ1n) is 9.96. The van der Waals surface area contributed by atoms with Crippen LogP contribution in [-0.2, 0) is 4.79 Å². The molecule has 0 saturated heterocycles. The van der Waals surface area contributed by atoms with E-state index in [0.29, 0.717) is 15.6 Å². The van der Waals surface area contributed by atoms with Gasteiger partial charge < -0.3 is 10.6 Å². The molecule has 0 aliphatic heterocycles. The Bertz CT molecular complexity index is 1390. The van der Waals surface area contributed by atoms with Gasteiger partial charge in [-0.15, -0.1) is 23.2 Å². The summed E-state index contributed by atoms with van der Waals surface area (Å²) >= 11 is 31.1. The molecule has 35 heavy (non-hydrogen) atoms. The number of hydrogen-bond donors (Lipinski definition) is 2. The minimum absolute atomic E-state index is 0.0335. The van der Waals surface area contributed by atoms with Crippen LogP contribution in [0.1, 0.15) is 27.4 Å². The zero-order valence-corrected chi connectivity index (χ0v) is 21.2. The summed E-state index contributed by atoms with van der Waals surface area (Å²) < 4.78 is 12.5. The maximum atomic E-state index is 13.8. The van der Waals surface area contributed by atoms with Crippen LogP contribution in [0.3, 0.4) is 0 Å². The lowest BCUT2D eigenvalue weighted by atomic mass is 10.1. The monoisotopic (exact) mass is 569 g/mol. The van der Waals surface area contributed by atoms with Gasteiger partial charge in [0.15, 0.2) is 0 Å². The first-order valence-corrected chi connectivity index (χ1v) is 11.9. The summed E-state index contributed by atoms with van der Waals surface area (Å²) in [5.41, 5.74) is 0.907. The third kappa shape index (κ3) is 5.35. The third-order valence-corrected chi connectivity index (χ3v) is 7.11. The summed E-state index contributed by atoms with van der Waals surface area (Å²) in [4.78, 5) is 25.7. The molecule has 0 aromatic heterocycles. The molecule has 2 N–H and O–H groups in total. The highest BCUT2D eigenvalue weighted by Crippen LogP contribution is 2.65. The van der Waals surface area contributed by atoms with Crippen LogP contribution in [-0.4, -0.2) is 16.1 Å². The van der Waals surface area contributed by atoms with Crippen LogP contribution in [0, 0.1) is 23.1 Å². The smallest absolute Gasteiger partial charge is 0.257 e. The van der Waals surface area contributed by atoms with Gasteiger partial charge in [-0.1, -0.05) is 34.8 Å². The summed E-state index contributed by atoms with van der Waals surface area (Å²) in [6.07, 6.45) is 0.